The highest BCUT2D eigenvalue weighted by molar-refractivity contribution is 6.34. The van der Waals surface area contributed by atoms with E-state index in [-0.39, 0.29) is 18.6 Å². The highest BCUT2D eigenvalue weighted by Crippen LogP contribution is 2.27. The fourth-order valence-electron chi connectivity index (χ4n) is 1.23. The van der Waals surface area contributed by atoms with Gasteiger partial charge in [0.05, 0.1) is 5.02 Å². The minimum absolute atomic E-state index is 0.0315. The van der Waals surface area contributed by atoms with Crippen LogP contribution in [0.4, 0.5) is 0 Å². The van der Waals surface area contributed by atoms with Crippen molar-refractivity contribution in [2.24, 2.45) is 5.73 Å². The van der Waals surface area contributed by atoms with Crippen LogP contribution in [0.25, 0.3) is 0 Å². The maximum Gasteiger partial charge on any atom is 0.260 e. The van der Waals surface area contributed by atoms with Gasteiger partial charge in [-0.05, 0) is 19.1 Å². The molecule has 0 aromatic heterocycles. The fourth-order valence-corrected chi connectivity index (χ4v) is 1.57. The Morgan fingerprint density at radius 3 is 2.78 bits per heavy atom. The molecule has 0 fully saturated rings. The lowest BCUT2D eigenvalue weighted by atomic mass is 10.3. The number of benzene rings is 1. The van der Waals surface area contributed by atoms with Crippen LogP contribution in [0.2, 0.25) is 10.0 Å². The highest BCUT2D eigenvalue weighted by atomic mass is 35.5. The van der Waals surface area contributed by atoms with E-state index in [9.17, 15) is 4.79 Å². The number of hydrogen-bond acceptors (Lipinski definition) is 3. The molecule has 0 spiro atoms. The molecule has 2 N–H and O–H groups in total. The van der Waals surface area contributed by atoms with Gasteiger partial charge in [-0.15, -0.1) is 0 Å². The minimum Gasteiger partial charge on any atom is -0.482 e. The Kier molecular flexibility index (Phi) is 5.72. The van der Waals surface area contributed by atoms with Crippen LogP contribution in [0.3, 0.4) is 0 Å². The summed E-state index contributed by atoms with van der Waals surface area (Å²) in [5.41, 5.74) is 5.49. The van der Waals surface area contributed by atoms with Gasteiger partial charge in [0.1, 0.15) is 5.75 Å². The summed E-state index contributed by atoms with van der Waals surface area (Å²) >= 11 is 11.7. The van der Waals surface area contributed by atoms with Gasteiger partial charge >= 0.3 is 0 Å². The molecule has 18 heavy (non-hydrogen) atoms. The molecule has 0 aliphatic heterocycles. The van der Waals surface area contributed by atoms with Gasteiger partial charge in [-0.3, -0.25) is 4.79 Å². The van der Waals surface area contributed by atoms with Gasteiger partial charge < -0.3 is 15.4 Å². The molecule has 0 aliphatic carbocycles. The summed E-state index contributed by atoms with van der Waals surface area (Å²) in [6, 6.07) is 4.82. The smallest absolute Gasteiger partial charge is 0.260 e. The number of ether oxygens (including phenoxy) is 1. The Labute approximate surface area is 117 Å². The molecule has 1 rings (SSSR count). The quantitative estimate of drug-likeness (QED) is 0.904. The van der Waals surface area contributed by atoms with E-state index in [0.717, 1.165) is 0 Å². The standard InChI is InChI=1S/C12H16Cl2N2O2/c1-8(6-15)16(2)12(17)7-18-11-5-9(13)3-4-10(11)14/h3-5,8H,6-7,15H2,1-2H3. The van der Waals surface area contributed by atoms with Crippen molar-refractivity contribution in [3.63, 3.8) is 0 Å². The average Bonchev–Trinajstić information content (AvgIpc) is 2.37. The molecule has 6 heteroatoms. The molecule has 1 unspecified atom stereocenters. The molecule has 1 atom stereocenters. The second-order valence-corrected chi connectivity index (χ2v) is 4.80. The van der Waals surface area contributed by atoms with Crippen molar-refractivity contribution in [3.8, 4) is 5.75 Å². The van der Waals surface area contributed by atoms with E-state index in [1.54, 1.807) is 30.1 Å². The molecule has 0 saturated heterocycles. The van der Waals surface area contributed by atoms with Crippen LogP contribution < -0.4 is 10.5 Å². The number of amides is 1. The predicted octanol–water partition coefficient (Wildman–Crippen LogP) is 2.18. The van der Waals surface area contributed by atoms with Crippen LogP contribution in [0.1, 0.15) is 6.92 Å². The lowest BCUT2D eigenvalue weighted by Gasteiger charge is -2.23. The number of likely N-dealkylation sites (N-methyl/N-ethyl adjacent to an activating group) is 1. The zero-order valence-corrected chi connectivity index (χ0v) is 11.8. The molecule has 4 nitrogen and oxygen atoms in total. The van der Waals surface area contributed by atoms with Crippen LogP contribution in [-0.4, -0.2) is 37.0 Å². The molecule has 0 heterocycles. The van der Waals surface area contributed by atoms with Gasteiger partial charge in [-0.2, -0.15) is 0 Å². The maximum absolute atomic E-state index is 11.8. The molecule has 1 aromatic rings. The van der Waals surface area contributed by atoms with E-state index >= 15 is 0 Å². The summed E-state index contributed by atoms with van der Waals surface area (Å²) < 4.78 is 5.35. The number of nitrogens with two attached hydrogens (primary N) is 1. The first kappa shape index (κ1) is 15.1. The van der Waals surface area contributed by atoms with Gasteiger partial charge in [0.15, 0.2) is 6.61 Å². The minimum atomic E-state index is -0.163. The monoisotopic (exact) mass is 290 g/mol. The molecule has 0 aliphatic rings. The Morgan fingerprint density at radius 1 is 1.50 bits per heavy atom. The zero-order chi connectivity index (χ0) is 13.7. The third kappa shape index (κ3) is 4.05. The summed E-state index contributed by atoms with van der Waals surface area (Å²) in [6.07, 6.45) is 0. The summed E-state index contributed by atoms with van der Waals surface area (Å²) in [6.45, 7) is 2.17. The van der Waals surface area contributed by atoms with E-state index in [2.05, 4.69) is 0 Å². The summed E-state index contributed by atoms with van der Waals surface area (Å²) in [5.74, 6) is 0.232. The summed E-state index contributed by atoms with van der Waals surface area (Å²) in [4.78, 5) is 13.3. The van der Waals surface area contributed by atoms with Crippen molar-refractivity contribution in [1.82, 2.24) is 4.90 Å². The second-order valence-electron chi connectivity index (χ2n) is 3.95. The zero-order valence-electron chi connectivity index (χ0n) is 10.3. The van der Waals surface area contributed by atoms with E-state index in [1.165, 1.54) is 0 Å². The van der Waals surface area contributed by atoms with E-state index < -0.39 is 0 Å². The van der Waals surface area contributed by atoms with Crippen LogP contribution in [0.5, 0.6) is 5.75 Å². The van der Waals surface area contributed by atoms with Crippen molar-refractivity contribution in [2.45, 2.75) is 13.0 Å². The summed E-state index contributed by atoms with van der Waals surface area (Å²) in [5, 5.41) is 0.923. The van der Waals surface area contributed by atoms with Crippen molar-refractivity contribution in [3.05, 3.63) is 28.2 Å². The topological polar surface area (TPSA) is 55.6 Å². The van der Waals surface area contributed by atoms with E-state index in [4.69, 9.17) is 33.7 Å². The van der Waals surface area contributed by atoms with E-state index in [1.807, 2.05) is 6.92 Å². The molecule has 0 bridgehead atoms. The Bertz CT molecular complexity index is 427. The Morgan fingerprint density at radius 2 is 2.17 bits per heavy atom. The van der Waals surface area contributed by atoms with Crippen LogP contribution >= 0.6 is 23.2 Å². The van der Waals surface area contributed by atoms with Gasteiger partial charge in [0.25, 0.3) is 5.91 Å². The summed E-state index contributed by atoms with van der Waals surface area (Å²) in [7, 11) is 1.68. The van der Waals surface area contributed by atoms with Crippen molar-refractivity contribution in [1.29, 1.82) is 0 Å². The number of carbonyl (C=O) groups excluding carboxylic acids is 1. The number of carbonyl (C=O) groups is 1. The van der Waals surface area contributed by atoms with Gasteiger partial charge in [-0.1, -0.05) is 23.2 Å². The van der Waals surface area contributed by atoms with Crippen molar-refractivity contribution >= 4 is 29.1 Å². The lowest BCUT2D eigenvalue weighted by molar-refractivity contribution is -0.133. The Balaban J connectivity index is 2.60. The third-order valence-electron chi connectivity index (χ3n) is 2.64. The molecule has 100 valence electrons. The predicted molar refractivity (Wildman–Crippen MR) is 73.2 cm³/mol. The second kappa shape index (κ2) is 6.83. The lowest BCUT2D eigenvalue weighted by Crippen LogP contribution is -2.42. The van der Waals surface area contributed by atoms with Crippen molar-refractivity contribution < 1.29 is 9.53 Å². The molecule has 1 amide bonds. The number of hydrogen-bond donors (Lipinski definition) is 1. The van der Waals surface area contributed by atoms with Crippen LogP contribution in [0.15, 0.2) is 18.2 Å². The number of rotatable bonds is 5. The first-order valence-corrected chi connectivity index (χ1v) is 6.25. The van der Waals surface area contributed by atoms with Crippen LogP contribution in [0, 0.1) is 0 Å². The van der Waals surface area contributed by atoms with Gasteiger partial charge in [0.2, 0.25) is 0 Å². The number of halogens is 2. The maximum atomic E-state index is 11.8. The van der Waals surface area contributed by atoms with Crippen molar-refractivity contribution in [2.75, 3.05) is 20.2 Å². The fraction of sp³-hybridized carbons (Fsp3) is 0.417. The van der Waals surface area contributed by atoms with Gasteiger partial charge in [-0.25, -0.2) is 0 Å². The molecule has 1 aromatic carbocycles. The largest absolute Gasteiger partial charge is 0.482 e. The highest BCUT2D eigenvalue weighted by Gasteiger charge is 2.15. The molecule has 0 radical (unpaired) electrons. The Hall–Kier alpha value is -0.970. The first-order valence-electron chi connectivity index (χ1n) is 5.49. The first-order chi connectivity index (χ1) is 8.45. The number of nitrogens with zero attached hydrogens (tertiary/aromatic N) is 1. The average molecular weight is 291 g/mol. The SMILES string of the molecule is CC(CN)N(C)C(=O)COc1cc(Cl)ccc1Cl. The van der Waals surface area contributed by atoms with Gasteiger partial charge in [0, 0.05) is 30.7 Å². The third-order valence-corrected chi connectivity index (χ3v) is 3.19. The van der Waals surface area contributed by atoms with E-state index in [0.29, 0.717) is 22.3 Å². The molecular weight excluding hydrogens is 275 g/mol. The molecule has 0 saturated carbocycles. The molecular formula is C12H16Cl2N2O2. The van der Waals surface area contributed by atoms with Crippen LogP contribution in [-0.2, 0) is 4.79 Å². The normalized spacial score (nSPS) is 12.1.